The van der Waals surface area contributed by atoms with Crippen LogP contribution in [0.4, 0.5) is 4.39 Å². The smallest absolute Gasteiger partial charge is 0.180 e. The standard InChI is InChI=1S/C16H15FIN3OS/c1-22-15-13(17)7-12(8-14(15)18)9-20-21-16(19)23-10-11-5-3-2-4-6-11/h2-9H,10H2,1H3,(H2,19,21). The number of nitrogens with two attached hydrogens (primary N) is 1. The van der Waals surface area contributed by atoms with Gasteiger partial charge in [-0.2, -0.15) is 5.10 Å². The van der Waals surface area contributed by atoms with Gasteiger partial charge >= 0.3 is 0 Å². The zero-order valence-electron chi connectivity index (χ0n) is 12.4. The first-order chi connectivity index (χ1) is 11.1. The summed E-state index contributed by atoms with van der Waals surface area (Å²) in [5.41, 5.74) is 7.55. The van der Waals surface area contributed by atoms with E-state index in [-0.39, 0.29) is 5.75 Å². The quantitative estimate of drug-likeness (QED) is 0.329. The highest BCUT2D eigenvalue weighted by Gasteiger charge is 2.08. The van der Waals surface area contributed by atoms with Gasteiger partial charge in [-0.1, -0.05) is 42.1 Å². The summed E-state index contributed by atoms with van der Waals surface area (Å²) in [5, 5.41) is 8.16. The number of hydrogen-bond acceptors (Lipinski definition) is 4. The molecule has 2 rings (SSSR count). The Hall–Kier alpha value is -1.61. The normalized spacial score (nSPS) is 11.9. The van der Waals surface area contributed by atoms with E-state index in [1.54, 1.807) is 6.07 Å². The van der Waals surface area contributed by atoms with Crippen molar-refractivity contribution >= 4 is 45.7 Å². The number of ether oxygens (including phenoxy) is 1. The largest absolute Gasteiger partial charge is 0.493 e. The number of nitrogens with zero attached hydrogens (tertiary/aromatic N) is 2. The van der Waals surface area contributed by atoms with E-state index in [2.05, 4.69) is 10.2 Å². The summed E-state index contributed by atoms with van der Waals surface area (Å²) in [7, 11) is 1.43. The Morgan fingerprint density at radius 3 is 2.74 bits per heavy atom. The van der Waals surface area contributed by atoms with Crippen LogP contribution in [-0.4, -0.2) is 18.5 Å². The topological polar surface area (TPSA) is 60.0 Å². The molecule has 0 unspecified atom stereocenters. The van der Waals surface area contributed by atoms with E-state index < -0.39 is 5.82 Å². The Kier molecular flexibility index (Phi) is 6.85. The maximum absolute atomic E-state index is 13.7. The van der Waals surface area contributed by atoms with Gasteiger partial charge in [-0.3, -0.25) is 0 Å². The van der Waals surface area contributed by atoms with Crippen LogP contribution in [0.15, 0.2) is 52.7 Å². The van der Waals surface area contributed by atoms with Crippen LogP contribution in [0.2, 0.25) is 0 Å². The molecule has 4 nitrogen and oxygen atoms in total. The summed E-state index contributed by atoms with van der Waals surface area (Å²) in [4.78, 5) is 0. The van der Waals surface area contributed by atoms with Crippen molar-refractivity contribution in [1.82, 2.24) is 0 Å². The number of methoxy groups -OCH3 is 1. The summed E-state index contributed by atoms with van der Waals surface area (Å²) < 4.78 is 19.4. The van der Waals surface area contributed by atoms with Gasteiger partial charge in [-0.15, -0.1) is 5.10 Å². The van der Waals surface area contributed by atoms with E-state index in [0.29, 0.717) is 14.3 Å². The maximum atomic E-state index is 13.7. The van der Waals surface area contributed by atoms with Gasteiger partial charge in [-0.05, 0) is 45.9 Å². The molecule has 0 aliphatic heterocycles. The van der Waals surface area contributed by atoms with Crippen molar-refractivity contribution < 1.29 is 9.13 Å². The fourth-order valence-electron chi connectivity index (χ4n) is 1.76. The highest BCUT2D eigenvalue weighted by atomic mass is 127. The molecule has 0 aromatic heterocycles. The predicted octanol–water partition coefficient (Wildman–Crippen LogP) is 4.02. The maximum Gasteiger partial charge on any atom is 0.180 e. The lowest BCUT2D eigenvalue weighted by atomic mass is 10.2. The van der Waals surface area contributed by atoms with Crippen molar-refractivity contribution in [2.24, 2.45) is 15.9 Å². The van der Waals surface area contributed by atoms with Gasteiger partial charge in [0.15, 0.2) is 16.7 Å². The number of thioether (sulfide) groups is 1. The van der Waals surface area contributed by atoms with Gasteiger partial charge in [0.2, 0.25) is 0 Å². The Balaban J connectivity index is 1.97. The van der Waals surface area contributed by atoms with Gasteiger partial charge in [-0.25, -0.2) is 4.39 Å². The zero-order valence-corrected chi connectivity index (χ0v) is 15.3. The third-order valence-corrected chi connectivity index (χ3v) is 4.47. The molecule has 2 aromatic rings. The lowest BCUT2D eigenvalue weighted by Crippen LogP contribution is -2.06. The molecule has 0 amide bonds. The monoisotopic (exact) mass is 443 g/mol. The number of rotatable bonds is 5. The molecular weight excluding hydrogens is 428 g/mol. The molecule has 0 aliphatic carbocycles. The van der Waals surface area contributed by atoms with Crippen molar-refractivity contribution in [1.29, 1.82) is 0 Å². The van der Waals surface area contributed by atoms with E-state index in [1.165, 1.54) is 31.2 Å². The van der Waals surface area contributed by atoms with Crippen LogP contribution in [-0.2, 0) is 5.75 Å². The van der Waals surface area contributed by atoms with Gasteiger partial charge in [0.05, 0.1) is 16.9 Å². The van der Waals surface area contributed by atoms with Crippen LogP contribution < -0.4 is 10.5 Å². The van der Waals surface area contributed by atoms with Gasteiger partial charge in [0.1, 0.15) is 0 Å². The Morgan fingerprint density at radius 1 is 1.35 bits per heavy atom. The molecule has 0 atom stereocenters. The molecule has 0 saturated carbocycles. The third-order valence-electron chi connectivity index (χ3n) is 2.82. The molecule has 0 spiro atoms. The molecular formula is C16H15FIN3OS. The summed E-state index contributed by atoms with van der Waals surface area (Å²) >= 11 is 3.40. The van der Waals surface area contributed by atoms with Crippen molar-refractivity contribution in [2.45, 2.75) is 5.75 Å². The minimum atomic E-state index is -0.434. The molecule has 0 radical (unpaired) electrons. The van der Waals surface area contributed by atoms with E-state index >= 15 is 0 Å². The average Bonchev–Trinajstić information content (AvgIpc) is 2.54. The van der Waals surface area contributed by atoms with E-state index in [9.17, 15) is 4.39 Å². The van der Waals surface area contributed by atoms with Crippen molar-refractivity contribution in [3.63, 3.8) is 0 Å². The van der Waals surface area contributed by atoms with Crippen LogP contribution in [0.3, 0.4) is 0 Å². The van der Waals surface area contributed by atoms with Gasteiger partial charge < -0.3 is 10.5 Å². The minimum absolute atomic E-state index is 0.226. The third kappa shape index (κ3) is 5.51. The first kappa shape index (κ1) is 17.7. The molecule has 23 heavy (non-hydrogen) atoms. The minimum Gasteiger partial charge on any atom is -0.493 e. The number of halogens is 2. The summed E-state index contributed by atoms with van der Waals surface area (Å²) in [6.07, 6.45) is 1.46. The molecule has 120 valence electrons. The molecule has 0 bridgehead atoms. The van der Waals surface area contributed by atoms with Gasteiger partial charge in [0, 0.05) is 5.75 Å². The molecule has 0 aliphatic rings. The fourth-order valence-corrected chi connectivity index (χ4v) is 3.21. The predicted molar refractivity (Wildman–Crippen MR) is 103 cm³/mol. The molecule has 2 aromatic carbocycles. The second-order valence-electron chi connectivity index (χ2n) is 4.47. The fraction of sp³-hybridized carbons (Fsp3) is 0.125. The molecule has 0 fully saturated rings. The van der Waals surface area contributed by atoms with Crippen molar-refractivity contribution in [3.05, 3.63) is 63.0 Å². The lowest BCUT2D eigenvalue weighted by Gasteiger charge is -2.05. The SMILES string of the molecule is COc1c(F)cc(C=NN=C(N)SCc2ccccc2)cc1I. The molecule has 0 saturated heterocycles. The number of amidine groups is 1. The first-order valence-electron chi connectivity index (χ1n) is 6.66. The summed E-state index contributed by atoms with van der Waals surface area (Å²) in [5.74, 6) is 0.515. The second kappa shape index (κ2) is 8.88. The summed E-state index contributed by atoms with van der Waals surface area (Å²) in [6.45, 7) is 0. The Labute approximate surface area is 152 Å². The van der Waals surface area contributed by atoms with Crippen LogP contribution in [0.5, 0.6) is 5.75 Å². The second-order valence-corrected chi connectivity index (χ2v) is 6.63. The highest BCUT2D eigenvalue weighted by Crippen LogP contribution is 2.25. The van der Waals surface area contributed by atoms with Gasteiger partial charge in [0.25, 0.3) is 0 Å². The number of hydrogen-bond donors (Lipinski definition) is 1. The molecule has 0 heterocycles. The zero-order chi connectivity index (χ0) is 16.7. The van der Waals surface area contributed by atoms with Crippen LogP contribution in [0.1, 0.15) is 11.1 Å². The molecule has 7 heteroatoms. The van der Waals surface area contributed by atoms with E-state index in [1.807, 2.05) is 52.9 Å². The summed E-state index contributed by atoms with van der Waals surface area (Å²) in [6, 6.07) is 13.0. The Morgan fingerprint density at radius 2 is 2.09 bits per heavy atom. The van der Waals surface area contributed by atoms with Crippen LogP contribution in [0, 0.1) is 9.39 Å². The average molecular weight is 443 g/mol. The van der Waals surface area contributed by atoms with E-state index in [4.69, 9.17) is 10.5 Å². The van der Waals surface area contributed by atoms with Crippen LogP contribution in [0.25, 0.3) is 0 Å². The number of benzene rings is 2. The van der Waals surface area contributed by atoms with Crippen molar-refractivity contribution in [3.8, 4) is 5.75 Å². The van der Waals surface area contributed by atoms with Crippen LogP contribution >= 0.6 is 34.4 Å². The molecule has 2 N–H and O–H groups in total. The van der Waals surface area contributed by atoms with E-state index in [0.717, 1.165) is 11.3 Å². The Bertz CT molecular complexity index is 700. The highest BCUT2D eigenvalue weighted by molar-refractivity contribution is 14.1. The van der Waals surface area contributed by atoms with Crippen molar-refractivity contribution in [2.75, 3.05) is 7.11 Å². The first-order valence-corrected chi connectivity index (χ1v) is 8.73. The lowest BCUT2D eigenvalue weighted by molar-refractivity contribution is 0.383.